The highest BCUT2D eigenvalue weighted by Crippen LogP contribution is 2.32. The minimum Gasteiger partial charge on any atom is -0.497 e. The molecule has 6 heteroatoms. The fraction of sp³-hybridized carbons (Fsp3) is 0.529. The third kappa shape index (κ3) is 3.54. The lowest BCUT2D eigenvalue weighted by Gasteiger charge is -2.33. The Morgan fingerprint density at radius 2 is 1.91 bits per heavy atom. The van der Waals surface area contributed by atoms with Crippen LogP contribution < -0.4 is 10.1 Å². The van der Waals surface area contributed by atoms with Gasteiger partial charge in [0.05, 0.1) is 19.1 Å². The summed E-state index contributed by atoms with van der Waals surface area (Å²) in [5, 5.41) is 7.53. The predicted molar refractivity (Wildman–Crippen MR) is 85.8 cm³/mol. The number of aromatic nitrogens is 2. The first-order valence-corrected chi connectivity index (χ1v) is 7.91. The quantitative estimate of drug-likeness (QED) is 0.878. The van der Waals surface area contributed by atoms with Gasteiger partial charge in [0, 0.05) is 13.5 Å². The van der Waals surface area contributed by atoms with Crippen molar-refractivity contribution in [3.63, 3.8) is 0 Å². The van der Waals surface area contributed by atoms with Crippen molar-refractivity contribution in [1.29, 1.82) is 0 Å². The molecule has 0 aliphatic carbocycles. The largest absolute Gasteiger partial charge is 0.497 e. The van der Waals surface area contributed by atoms with Crippen molar-refractivity contribution in [2.75, 3.05) is 33.9 Å². The second kappa shape index (κ2) is 7.10. The average molecular weight is 317 g/mol. The fourth-order valence-electron chi connectivity index (χ4n) is 3.07. The third-order valence-corrected chi connectivity index (χ3v) is 4.42. The van der Waals surface area contributed by atoms with E-state index >= 15 is 0 Å². The minimum absolute atomic E-state index is 0.162. The van der Waals surface area contributed by atoms with Crippen LogP contribution in [-0.2, 0) is 16.6 Å². The second-order valence-electron chi connectivity index (χ2n) is 6.00. The monoisotopic (exact) mass is 317 g/mol. The van der Waals surface area contributed by atoms with Gasteiger partial charge in [-0.3, -0.25) is 0 Å². The summed E-state index contributed by atoms with van der Waals surface area (Å²) < 4.78 is 16.2. The van der Waals surface area contributed by atoms with Gasteiger partial charge in [0.2, 0.25) is 5.89 Å². The number of benzene rings is 1. The second-order valence-corrected chi connectivity index (χ2v) is 6.00. The molecule has 2 heterocycles. The summed E-state index contributed by atoms with van der Waals surface area (Å²) >= 11 is 0. The lowest BCUT2D eigenvalue weighted by atomic mass is 9.79. The average Bonchev–Trinajstić information content (AvgIpc) is 3.06. The summed E-state index contributed by atoms with van der Waals surface area (Å²) in [5.41, 5.74) is 0.967. The molecule has 3 rings (SSSR count). The van der Waals surface area contributed by atoms with Crippen molar-refractivity contribution in [1.82, 2.24) is 15.5 Å². The maximum absolute atomic E-state index is 5.58. The number of hydrogen-bond acceptors (Lipinski definition) is 6. The highest BCUT2D eigenvalue weighted by atomic mass is 16.5. The van der Waals surface area contributed by atoms with Gasteiger partial charge in [-0.15, -0.1) is 0 Å². The third-order valence-electron chi connectivity index (χ3n) is 4.42. The molecule has 0 amide bonds. The number of piperidine rings is 1. The van der Waals surface area contributed by atoms with Crippen molar-refractivity contribution in [3.8, 4) is 5.75 Å². The summed E-state index contributed by atoms with van der Waals surface area (Å²) in [7, 11) is 3.38. The number of nitrogens with zero attached hydrogens (tertiary/aromatic N) is 2. The van der Waals surface area contributed by atoms with Crippen LogP contribution in [0.5, 0.6) is 5.75 Å². The van der Waals surface area contributed by atoms with Crippen LogP contribution in [0.15, 0.2) is 28.8 Å². The van der Waals surface area contributed by atoms with Crippen molar-refractivity contribution >= 4 is 0 Å². The molecule has 124 valence electrons. The first-order valence-electron chi connectivity index (χ1n) is 7.91. The standard InChI is InChI=1S/C17H23N3O3/c1-21-12-17(7-9-18-10-8-17)16-19-15(20-23-16)11-13-3-5-14(22-2)6-4-13/h3-6,18H,7-12H2,1-2H3. The molecule has 1 N–H and O–H groups in total. The molecule has 0 bridgehead atoms. The van der Waals surface area contributed by atoms with Crippen molar-refractivity contribution in [3.05, 3.63) is 41.5 Å². The van der Waals surface area contributed by atoms with E-state index in [1.165, 1.54) is 0 Å². The van der Waals surface area contributed by atoms with E-state index in [4.69, 9.17) is 14.0 Å². The lowest BCUT2D eigenvalue weighted by molar-refractivity contribution is 0.0849. The first-order chi connectivity index (χ1) is 11.3. The van der Waals surface area contributed by atoms with E-state index in [0.29, 0.717) is 24.7 Å². The van der Waals surface area contributed by atoms with Gasteiger partial charge in [-0.2, -0.15) is 4.98 Å². The molecule has 6 nitrogen and oxygen atoms in total. The Kier molecular flexibility index (Phi) is 4.93. The van der Waals surface area contributed by atoms with Crippen molar-refractivity contribution in [2.45, 2.75) is 24.7 Å². The highest BCUT2D eigenvalue weighted by molar-refractivity contribution is 5.28. The maximum atomic E-state index is 5.58. The van der Waals surface area contributed by atoms with Crippen LogP contribution in [0.25, 0.3) is 0 Å². The molecule has 1 aliphatic heterocycles. The molecule has 0 spiro atoms. The molecule has 0 radical (unpaired) electrons. The van der Waals surface area contributed by atoms with Crippen molar-refractivity contribution in [2.24, 2.45) is 0 Å². The fourth-order valence-corrected chi connectivity index (χ4v) is 3.07. The lowest BCUT2D eigenvalue weighted by Crippen LogP contribution is -2.43. The summed E-state index contributed by atoms with van der Waals surface area (Å²) in [4.78, 5) is 4.65. The molecule has 1 saturated heterocycles. The summed E-state index contributed by atoms with van der Waals surface area (Å²) in [6.45, 7) is 2.50. The number of hydrogen-bond donors (Lipinski definition) is 1. The molecular formula is C17H23N3O3. The molecule has 1 aromatic carbocycles. The van der Waals surface area contributed by atoms with E-state index in [-0.39, 0.29) is 5.41 Å². The highest BCUT2D eigenvalue weighted by Gasteiger charge is 2.39. The van der Waals surface area contributed by atoms with Crippen LogP contribution in [0.3, 0.4) is 0 Å². The van der Waals surface area contributed by atoms with Gasteiger partial charge in [-0.1, -0.05) is 17.3 Å². The molecule has 0 unspecified atom stereocenters. The van der Waals surface area contributed by atoms with Crippen LogP contribution in [0.2, 0.25) is 0 Å². The molecule has 0 atom stereocenters. The first kappa shape index (κ1) is 16.0. The van der Waals surface area contributed by atoms with E-state index in [9.17, 15) is 0 Å². The molecule has 2 aromatic rings. The van der Waals surface area contributed by atoms with Crippen LogP contribution in [0, 0.1) is 0 Å². The molecule has 23 heavy (non-hydrogen) atoms. The zero-order chi connectivity index (χ0) is 16.1. The number of rotatable bonds is 6. The SMILES string of the molecule is COCC1(c2nc(Cc3ccc(OC)cc3)no2)CCNCC1. The molecule has 1 fully saturated rings. The van der Waals surface area contributed by atoms with Gasteiger partial charge >= 0.3 is 0 Å². The Balaban J connectivity index is 1.75. The number of methoxy groups -OCH3 is 2. The van der Waals surface area contributed by atoms with Gasteiger partial charge < -0.3 is 19.3 Å². The van der Waals surface area contributed by atoms with Gasteiger partial charge in [-0.05, 0) is 43.6 Å². The summed E-state index contributed by atoms with van der Waals surface area (Å²) in [6, 6.07) is 7.92. The van der Waals surface area contributed by atoms with Crippen LogP contribution in [-0.4, -0.2) is 44.1 Å². The zero-order valence-corrected chi connectivity index (χ0v) is 13.7. The Hall–Kier alpha value is -1.92. The van der Waals surface area contributed by atoms with Gasteiger partial charge in [0.15, 0.2) is 5.82 Å². The van der Waals surface area contributed by atoms with E-state index in [2.05, 4.69) is 15.5 Å². The van der Waals surface area contributed by atoms with Gasteiger partial charge in [-0.25, -0.2) is 0 Å². The Morgan fingerprint density at radius 1 is 1.17 bits per heavy atom. The molecule has 0 saturated carbocycles. The normalized spacial score (nSPS) is 17.1. The molecular weight excluding hydrogens is 294 g/mol. The van der Waals surface area contributed by atoms with E-state index < -0.39 is 0 Å². The summed E-state index contributed by atoms with van der Waals surface area (Å²) in [6.07, 6.45) is 2.55. The number of ether oxygens (including phenoxy) is 2. The van der Waals surface area contributed by atoms with Crippen LogP contribution >= 0.6 is 0 Å². The predicted octanol–water partition coefficient (Wildman–Crippen LogP) is 1.94. The Bertz CT molecular complexity index is 613. The van der Waals surface area contributed by atoms with Crippen LogP contribution in [0.4, 0.5) is 0 Å². The van der Waals surface area contributed by atoms with E-state index in [1.807, 2.05) is 24.3 Å². The smallest absolute Gasteiger partial charge is 0.235 e. The molecule has 1 aromatic heterocycles. The van der Waals surface area contributed by atoms with E-state index in [1.54, 1.807) is 14.2 Å². The molecule has 1 aliphatic rings. The maximum Gasteiger partial charge on any atom is 0.235 e. The van der Waals surface area contributed by atoms with E-state index in [0.717, 1.165) is 37.2 Å². The number of nitrogens with one attached hydrogen (secondary N) is 1. The summed E-state index contributed by atoms with van der Waals surface area (Å²) in [5.74, 6) is 2.25. The van der Waals surface area contributed by atoms with Crippen LogP contribution in [0.1, 0.15) is 30.1 Å². The Labute approximate surface area is 136 Å². The Morgan fingerprint density at radius 3 is 2.57 bits per heavy atom. The van der Waals surface area contributed by atoms with Gasteiger partial charge in [0.25, 0.3) is 0 Å². The van der Waals surface area contributed by atoms with Crippen molar-refractivity contribution < 1.29 is 14.0 Å². The topological polar surface area (TPSA) is 69.4 Å². The zero-order valence-electron chi connectivity index (χ0n) is 13.7. The van der Waals surface area contributed by atoms with Gasteiger partial charge in [0.1, 0.15) is 5.75 Å². The minimum atomic E-state index is -0.162.